The van der Waals surface area contributed by atoms with Crippen molar-refractivity contribution in [2.75, 3.05) is 13.7 Å². The van der Waals surface area contributed by atoms with Crippen LogP contribution in [0.4, 0.5) is 8.78 Å². The second-order valence-electron chi connectivity index (χ2n) is 4.35. The molecular formula is C13H17F2NO. The van der Waals surface area contributed by atoms with Crippen LogP contribution in [0.2, 0.25) is 0 Å². The van der Waals surface area contributed by atoms with Gasteiger partial charge in [-0.25, -0.2) is 8.78 Å². The summed E-state index contributed by atoms with van der Waals surface area (Å²) < 4.78 is 32.8. The Kier molecular flexibility index (Phi) is 3.94. The summed E-state index contributed by atoms with van der Waals surface area (Å²) in [6.07, 6.45) is 1.53. The maximum absolute atomic E-state index is 14.2. The molecule has 0 amide bonds. The van der Waals surface area contributed by atoms with Crippen LogP contribution in [0.1, 0.15) is 31.0 Å². The zero-order valence-corrected chi connectivity index (χ0v) is 9.88. The van der Waals surface area contributed by atoms with Crippen LogP contribution in [0.5, 0.6) is 5.75 Å². The molecule has 94 valence electrons. The lowest BCUT2D eigenvalue weighted by atomic mass is 9.95. The van der Waals surface area contributed by atoms with Crippen molar-refractivity contribution in [3.63, 3.8) is 0 Å². The summed E-state index contributed by atoms with van der Waals surface area (Å²) >= 11 is 0. The Balaban J connectivity index is 2.15. The van der Waals surface area contributed by atoms with Gasteiger partial charge in [-0.3, -0.25) is 0 Å². The van der Waals surface area contributed by atoms with Gasteiger partial charge in [-0.2, -0.15) is 0 Å². The highest BCUT2D eigenvalue weighted by Gasteiger charge is 2.26. The first kappa shape index (κ1) is 12.3. The van der Waals surface area contributed by atoms with Gasteiger partial charge >= 0.3 is 0 Å². The minimum Gasteiger partial charge on any atom is -0.497 e. The van der Waals surface area contributed by atoms with E-state index in [1.54, 1.807) is 6.07 Å². The van der Waals surface area contributed by atoms with Crippen molar-refractivity contribution in [3.05, 3.63) is 29.6 Å². The molecule has 0 radical (unpaired) electrons. The predicted octanol–water partition coefficient (Wildman–Crippen LogP) is 2.99. The van der Waals surface area contributed by atoms with Crippen molar-refractivity contribution >= 4 is 0 Å². The summed E-state index contributed by atoms with van der Waals surface area (Å²) in [6.45, 7) is 0.808. The number of hydrogen-bond acceptors (Lipinski definition) is 2. The highest BCUT2D eigenvalue weighted by atomic mass is 19.1. The molecule has 4 heteroatoms. The Bertz CT molecular complexity index is 378. The number of hydrogen-bond donors (Lipinski definition) is 1. The molecule has 2 nitrogen and oxygen atoms in total. The molecule has 2 rings (SSSR count). The van der Waals surface area contributed by atoms with Gasteiger partial charge < -0.3 is 10.1 Å². The fourth-order valence-corrected chi connectivity index (χ4v) is 2.20. The van der Waals surface area contributed by atoms with E-state index in [1.807, 2.05) is 0 Å². The van der Waals surface area contributed by atoms with Crippen molar-refractivity contribution in [1.82, 2.24) is 5.32 Å². The summed E-state index contributed by atoms with van der Waals surface area (Å²) in [4.78, 5) is 0. The average Bonchev–Trinajstić information content (AvgIpc) is 2.39. The summed E-state index contributed by atoms with van der Waals surface area (Å²) in [7, 11) is 1.46. The topological polar surface area (TPSA) is 21.3 Å². The summed E-state index contributed by atoms with van der Waals surface area (Å²) in [5.41, 5.74) is 0.116. The quantitative estimate of drug-likeness (QED) is 0.878. The van der Waals surface area contributed by atoms with Gasteiger partial charge in [0, 0.05) is 17.7 Å². The van der Waals surface area contributed by atoms with Gasteiger partial charge in [-0.05, 0) is 31.5 Å². The Morgan fingerprint density at radius 3 is 2.82 bits per heavy atom. The normalized spacial score (nSPS) is 22.2. The number of piperidine rings is 1. The lowest BCUT2D eigenvalue weighted by Gasteiger charge is -2.27. The maximum Gasteiger partial charge on any atom is 0.143 e. The second kappa shape index (κ2) is 5.45. The van der Waals surface area contributed by atoms with Gasteiger partial charge in [0.2, 0.25) is 0 Å². The Morgan fingerprint density at radius 1 is 1.41 bits per heavy atom. The number of benzene rings is 1. The fourth-order valence-electron chi connectivity index (χ4n) is 2.20. The lowest BCUT2D eigenvalue weighted by Crippen LogP contribution is -2.37. The molecule has 0 bridgehead atoms. The van der Waals surface area contributed by atoms with E-state index in [0.717, 1.165) is 25.8 Å². The van der Waals surface area contributed by atoms with Crippen LogP contribution in [-0.4, -0.2) is 19.7 Å². The molecule has 0 saturated carbocycles. The van der Waals surface area contributed by atoms with Crippen molar-refractivity contribution in [1.29, 1.82) is 0 Å². The molecule has 1 aromatic carbocycles. The van der Waals surface area contributed by atoms with Gasteiger partial charge in [-0.1, -0.05) is 6.42 Å². The molecule has 0 spiro atoms. The number of rotatable bonds is 3. The van der Waals surface area contributed by atoms with Crippen LogP contribution in [0.3, 0.4) is 0 Å². The van der Waals surface area contributed by atoms with Gasteiger partial charge in [0.25, 0.3) is 0 Å². The third kappa shape index (κ3) is 2.75. The van der Waals surface area contributed by atoms with Gasteiger partial charge in [0.15, 0.2) is 0 Å². The zero-order chi connectivity index (χ0) is 12.3. The maximum atomic E-state index is 14.2. The third-order valence-corrected chi connectivity index (χ3v) is 3.21. The molecule has 1 fully saturated rings. The van der Waals surface area contributed by atoms with E-state index in [0.29, 0.717) is 5.75 Å². The Hall–Kier alpha value is -1.16. The lowest BCUT2D eigenvalue weighted by molar-refractivity contribution is 0.216. The van der Waals surface area contributed by atoms with Gasteiger partial charge in [0.05, 0.1) is 7.11 Å². The average molecular weight is 241 g/mol. The largest absolute Gasteiger partial charge is 0.497 e. The zero-order valence-electron chi connectivity index (χ0n) is 9.88. The molecule has 17 heavy (non-hydrogen) atoms. The molecule has 0 aromatic heterocycles. The molecule has 2 unspecified atom stereocenters. The second-order valence-corrected chi connectivity index (χ2v) is 4.35. The number of nitrogens with one attached hydrogen (secondary N) is 1. The molecule has 0 aliphatic carbocycles. The Labute approximate surface area is 100.0 Å². The van der Waals surface area contributed by atoms with Crippen LogP contribution < -0.4 is 10.1 Å². The van der Waals surface area contributed by atoms with Gasteiger partial charge in [0.1, 0.15) is 17.7 Å². The minimum atomic E-state index is -1.29. The van der Waals surface area contributed by atoms with Crippen LogP contribution in [0.15, 0.2) is 18.2 Å². The fraction of sp³-hybridized carbons (Fsp3) is 0.538. The number of halogens is 2. The van der Waals surface area contributed by atoms with E-state index in [4.69, 9.17) is 4.74 Å². The molecule has 1 N–H and O–H groups in total. The predicted molar refractivity (Wildman–Crippen MR) is 62.4 cm³/mol. The number of methoxy groups -OCH3 is 1. The van der Waals surface area contributed by atoms with Crippen LogP contribution in [0.25, 0.3) is 0 Å². The van der Waals surface area contributed by atoms with Crippen molar-refractivity contribution in [2.24, 2.45) is 0 Å². The van der Waals surface area contributed by atoms with Crippen molar-refractivity contribution in [2.45, 2.75) is 31.5 Å². The molecular weight excluding hydrogens is 224 g/mol. The first-order valence-electron chi connectivity index (χ1n) is 5.93. The number of alkyl halides is 1. The molecule has 1 saturated heterocycles. The smallest absolute Gasteiger partial charge is 0.143 e. The first-order valence-corrected chi connectivity index (χ1v) is 5.93. The summed E-state index contributed by atoms with van der Waals surface area (Å²) in [6, 6.07) is 4.01. The highest BCUT2D eigenvalue weighted by Crippen LogP contribution is 2.30. The van der Waals surface area contributed by atoms with Crippen molar-refractivity contribution in [3.8, 4) is 5.75 Å². The molecule has 2 atom stereocenters. The van der Waals surface area contributed by atoms with Crippen LogP contribution in [0, 0.1) is 5.82 Å². The molecule has 1 aliphatic heterocycles. The standard InChI is InChI=1S/C13H17F2NO/c1-17-9-5-6-10(11(14)8-9)13(15)12-4-2-3-7-16-12/h5-6,8,12-13,16H,2-4,7H2,1H3. The van der Waals surface area contributed by atoms with Crippen LogP contribution in [-0.2, 0) is 0 Å². The van der Waals surface area contributed by atoms with E-state index >= 15 is 0 Å². The Morgan fingerprint density at radius 2 is 2.24 bits per heavy atom. The highest BCUT2D eigenvalue weighted by molar-refractivity contribution is 5.31. The SMILES string of the molecule is COc1ccc(C(F)C2CCCCN2)c(F)c1. The van der Waals surface area contributed by atoms with E-state index in [9.17, 15) is 8.78 Å². The van der Waals surface area contributed by atoms with E-state index < -0.39 is 12.0 Å². The molecule has 1 heterocycles. The molecule has 1 aromatic rings. The minimum absolute atomic E-state index is 0.116. The molecule has 1 aliphatic rings. The third-order valence-electron chi connectivity index (χ3n) is 3.21. The van der Waals surface area contributed by atoms with E-state index in [1.165, 1.54) is 19.2 Å². The number of ether oxygens (including phenoxy) is 1. The van der Waals surface area contributed by atoms with Crippen LogP contribution >= 0.6 is 0 Å². The summed E-state index contributed by atoms with van der Waals surface area (Å²) in [5.74, 6) is -0.126. The van der Waals surface area contributed by atoms with E-state index in [2.05, 4.69) is 5.32 Å². The summed E-state index contributed by atoms with van der Waals surface area (Å²) in [5, 5.41) is 3.10. The van der Waals surface area contributed by atoms with Gasteiger partial charge in [-0.15, -0.1) is 0 Å². The van der Waals surface area contributed by atoms with Crippen molar-refractivity contribution < 1.29 is 13.5 Å². The van der Waals surface area contributed by atoms with E-state index in [-0.39, 0.29) is 11.6 Å². The monoisotopic (exact) mass is 241 g/mol. The first-order chi connectivity index (χ1) is 8.22.